The summed E-state index contributed by atoms with van der Waals surface area (Å²) >= 11 is 6.45. The average molecular weight is 470 g/mol. The fourth-order valence-electron chi connectivity index (χ4n) is 2.92. The molecule has 0 radical (unpaired) electrons. The van der Waals surface area contributed by atoms with Gasteiger partial charge in [0, 0.05) is 25.1 Å². The number of carbonyl (C=O) groups excluding carboxylic acids is 2. The molecule has 0 aromatic heterocycles. The standard InChI is InChI=1S/C22H19N3O5S2/c1-14(11-15-5-3-2-4-6-15)12-19-21(28)24(22(31)32-19)10-9-20(27)23-17-13-16(25(29)30)7-8-18(17)26/h2-8,11-13,26H,9-10H2,1H3,(H,23,27)/b14-11-,19-12-. The number of hydrogen-bond donors (Lipinski definition) is 2. The smallest absolute Gasteiger partial charge is 0.271 e. The van der Waals surface area contributed by atoms with Crippen molar-refractivity contribution < 1.29 is 19.6 Å². The van der Waals surface area contributed by atoms with Crippen molar-refractivity contribution >= 4 is 57.6 Å². The number of nitro benzene ring substituents is 1. The lowest BCUT2D eigenvalue weighted by atomic mass is 10.1. The van der Waals surface area contributed by atoms with Crippen molar-refractivity contribution in [1.82, 2.24) is 4.90 Å². The Morgan fingerprint density at radius 1 is 1.28 bits per heavy atom. The summed E-state index contributed by atoms with van der Waals surface area (Å²) in [5.74, 6) is -1.09. The number of phenolic OH excluding ortho intramolecular Hbond substituents is 1. The van der Waals surface area contributed by atoms with Gasteiger partial charge in [0.15, 0.2) is 0 Å². The molecule has 8 nitrogen and oxygen atoms in total. The Morgan fingerprint density at radius 3 is 2.69 bits per heavy atom. The zero-order valence-electron chi connectivity index (χ0n) is 17.0. The van der Waals surface area contributed by atoms with Gasteiger partial charge in [-0.2, -0.15) is 0 Å². The van der Waals surface area contributed by atoms with Crippen LogP contribution in [0.1, 0.15) is 18.9 Å². The molecule has 2 amide bonds. The van der Waals surface area contributed by atoms with Crippen molar-refractivity contribution in [1.29, 1.82) is 0 Å². The number of thioether (sulfide) groups is 1. The van der Waals surface area contributed by atoms with E-state index in [1.54, 1.807) is 6.08 Å². The van der Waals surface area contributed by atoms with Crippen molar-refractivity contribution in [2.45, 2.75) is 13.3 Å². The molecule has 0 bridgehead atoms. The first kappa shape index (κ1) is 23.2. The fourth-order valence-corrected chi connectivity index (χ4v) is 4.28. The number of carbonyl (C=O) groups is 2. The van der Waals surface area contributed by atoms with Gasteiger partial charge in [-0.1, -0.05) is 60.4 Å². The third-order valence-electron chi connectivity index (χ3n) is 4.45. The molecule has 10 heteroatoms. The molecule has 164 valence electrons. The molecule has 1 saturated heterocycles. The Labute approximate surface area is 193 Å². The monoisotopic (exact) mass is 469 g/mol. The second kappa shape index (κ2) is 10.2. The number of rotatable bonds is 7. The predicted molar refractivity (Wildman–Crippen MR) is 128 cm³/mol. The van der Waals surface area contributed by atoms with Crippen molar-refractivity contribution in [3.05, 3.63) is 80.8 Å². The molecule has 1 fully saturated rings. The van der Waals surface area contributed by atoms with E-state index in [-0.39, 0.29) is 36.0 Å². The van der Waals surface area contributed by atoms with E-state index in [1.807, 2.05) is 43.3 Å². The number of allylic oxidation sites excluding steroid dienone is 2. The highest BCUT2D eigenvalue weighted by Gasteiger charge is 2.32. The summed E-state index contributed by atoms with van der Waals surface area (Å²) in [6.07, 6.45) is 3.61. The van der Waals surface area contributed by atoms with E-state index in [2.05, 4.69) is 5.32 Å². The number of nitrogens with one attached hydrogen (secondary N) is 1. The number of benzene rings is 2. The van der Waals surface area contributed by atoms with Crippen molar-refractivity contribution in [2.75, 3.05) is 11.9 Å². The molecule has 0 spiro atoms. The maximum Gasteiger partial charge on any atom is 0.271 e. The highest BCUT2D eigenvalue weighted by Crippen LogP contribution is 2.32. The molecule has 0 unspecified atom stereocenters. The molecule has 2 N–H and O–H groups in total. The number of thiocarbonyl (C=S) groups is 1. The maximum absolute atomic E-state index is 12.7. The number of aromatic hydroxyl groups is 1. The lowest BCUT2D eigenvalue weighted by Crippen LogP contribution is -2.31. The molecule has 0 atom stereocenters. The third kappa shape index (κ3) is 5.80. The second-order valence-corrected chi connectivity index (χ2v) is 8.56. The second-order valence-electron chi connectivity index (χ2n) is 6.89. The minimum absolute atomic E-state index is 0.0466. The van der Waals surface area contributed by atoms with Gasteiger partial charge in [-0.05, 0) is 30.2 Å². The highest BCUT2D eigenvalue weighted by atomic mass is 32.2. The number of anilines is 1. The number of nitro groups is 1. The van der Waals surface area contributed by atoms with Gasteiger partial charge >= 0.3 is 0 Å². The predicted octanol–water partition coefficient (Wildman–Crippen LogP) is 4.48. The van der Waals surface area contributed by atoms with Crippen LogP contribution in [0.25, 0.3) is 6.08 Å². The van der Waals surface area contributed by atoms with Gasteiger partial charge in [0.2, 0.25) is 5.91 Å². The molecule has 1 aliphatic heterocycles. The Bertz CT molecular complexity index is 1150. The number of amides is 2. The normalized spacial score (nSPS) is 15.3. The summed E-state index contributed by atoms with van der Waals surface area (Å²) < 4.78 is 0.347. The van der Waals surface area contributed by atoms with E-state index in [0.717, 1.165) is 29.3 Å². The topological polar surface area (TPSA) is 113 Å². The molecule has 32 heavy (non-hydrogen) atoms. The van der Waals surface area contributed by atoms with Crippen LogP contribution in [-0.4, -0.2) is 37.6 Å². The number of hydrogen-bond acceptors (Lipinski definition) is 7. The zero-order valence-corrected chi connectivity index (χ0v) is 18.6. The number of phenols is 1. The van der Waals surface area contributed by atoms with E-state index in [4.69, 9.17) is 12.2 Å². The van der Waals surface area contributed by atoms with Crippen LogP contribution in [0.15, 0.2) is 65.1 Å². The van der Waals surface area contributed by atoms with Crippen molar-refractivity contribution in [3.63, 3.8) is 0 Å². The van der Waals surface area contributed by atoms with Crippen LogP contribution in [0.5, 0.6) is 5.75 Å². The van der Waals surface area contributed by atoms with E-state index < -0.39 is 10.8 Å². The average Bonchev–Trinajstić information content (AvgIpc) is 3.01. The highest BCUT2D eigenvalue weighted by molar-refractivity contribution is 8.26. The van der Waals surface area contributed by atoms with Gasteiger partial charge in [-0.15, -0.1) is 0 Å². The summed E-state index contributed by atoms with van der Waals surface area (Å²) in [7, 11) is 0. The van der Waals surface area contributed by atoms with Gasteiger partial charge in [-0.25, -0.2) is 0 Å². The van der Waals surface area contributed by atoms with Gasteiger partial charge in [0.25, 0.3) is 11.6 Å². The molecule has 2 aromatic carbocycles. The first-order valence-electron chi connectivity index (χ1n) is 9.50. The van der Waals surface area contributed by atoms with Crippen LogP contribution >= 0.6 is 24.0 Å². The Balaban J connectivity index is 1.62. The van der Waals surface area contributed by atoms with Crippen LogP contribution in [0.3, 0.4) is 0 Å². The molecule has 0 aliphatic carbocycles. The fraction of sp³-hybridized carbons (Fsp3) is 0.136. The summed E-state index contributed by atoms with van der Waals surface area (Å²) in [4.78, 5) is 37.1. The van der Waals surface area contributed by atoms with Crippen LogP contribution in [0, 0.1) is 10.1 Å². The Morgan fingerprint density at radius 2 is 2.00 bits per heavy atom. The Hall–Kier alpha value is -3.50. The van der Waals surface area contributed by atoms with E-state index in [0.29, 0.717) is 9.23 Å². The zero-order chi connectivity index (χ0) is 23.3. The first-order valence-corrected chi connectivity index (χ1v) is 10.7. The molecule has 0 saturated carbocycles. The van der Waals surface area contributed by atoms with Crippen LogP contribution < -0.4 is 5.32 Å². The number of non-ortho nitro benzene ring substituents is 1. The first-order chi connectivity index (χ1) is 15.2. The minimum Gasteiger partial charge on any atom is -0.506 e. The van der Waals surface area contributed by atoms with Crippen molar-refractivity contribution in [2.24, 2.45) is 0 Å². The van der Waals surface area contributed by atoms with Gasteiger partial charge in [0.05, 0.1) is 15.5 Å². The summed E-state index contributed by atoms with van der Waals surface area (Å²) in [5, 5.41) is 23.1. The minimum atomic E-state index is -0.629. The molecular formula is C22H19N3O5S2. The molecule has 2 aromatic rings. The summed E-state index contributed by atoms with van der Waals surface area (Å²) in [6, 6.07) is 13.0. The molecule has 3 rings (SSSR count). The van der Waals surface area contributed by atoms with E-state index in [9.17, 15) is 24.8 Å². The summed E-state index contributed by atoms with van der Waals surface area (Å²) in [6.45, 7) is 1.93. The van der Waals surface area contributed by atoms with E-state index >= 15 is 0 Å². The molecular weight excluding hydrogens is 450 g/mol. The summed E-state index contributed by atoms with van der Waals surface area (Å²) in [5.41, 5.74) is 1.56. The van der Waals surface area contributed by atoms with E-state index in [1.165, 1.54) is 16.7 Å². The van der Waals surface area contributed by atoms with Crippen LogP contribution in [0.2, 0.25) is 0 Å². The largest absolute Gasteiger partial charge is 0.506 e. The lowest BCUT2D eigenvalue weighted by molar-refractivity contribution is -0.384. The third-order valence-corrected chi connectivity index (χ3v) is 5.83. The quantitative estimate of drug-likeness (QED) is 0.202. The van der Waals surface area contributed by atoms with Gasteiger partial charge in [-0.3, -0.25) is 24.6 Å². The van der Waals surface area contributed by atoms with Crippen LogP contribution in [0.4, 0.5) is 11.4 Å². The molecule has 1 heterocycles. The van der Waals surface area contributed by atoms with Crippen LogP contribution in [-0.2, 0) is 9.59 Å². The lowest BCUT2D eigenvalue weighted by Gasteiger charge is -2.14. The van der Waals surface area contributed by atoms with Crippen molar-refractivity contribution in [3.8, 4) is 5.75 Å². The SMILES string of the molecule is CC(=C/c1ccccc1)/C=C1\SC(=S)N(CCC(=O)Nc2cc([N+](=O)[O-])ccc2O)C1=O. The number of nitrogens with zero attached hydrogens (tertiary/aromatic N) is 2. The maximum atomic E-state index is 12.7. The Kier molecular flexibility index (Phi) is 7.39. The molecule has 1 aliphatic rings. The van der Waals surface area contributed by atoms with Gasteiger partial charge < -0.3 is 10.4 Å². The van der Waals surface area contributed by atoms with Gasteiger partial charge in [0.1, 0.15) is 10.1 Å².